The summed E-state index contributed by atoms with van der Waals surface area (Å²) in [5.41, 5.74) is 5.42. The van der Waals surface area contributed by atoms with Gasteiger partial charge in [0.15, 0.2) is 5.11 Å². The first-order valence-electron chi connectivity index (χ1n) is 11.8. The summed E-state index contributed by atoms with van der Waals surface area (Å²) in [6.07, 6.45) is 5.36. The molecule has 0 radical (unpaired) electrons. The monoisotopic (exact) mass is 514 g/mol. The minimum absolute atomic E-state index is 0.00173. The molecule has 37 heavy (non-hydrogen) atoms. The molecule has 0 amide bonds. The average molecular weight is 515 g/mol. The molecule has 1 saturated heterocycles. The number of benzene rings is 1. The van der Waals surface area contributed by atoms with Crippen molar-refractivity contribution < 1.29 is 9.66 Å². The van der Waals surface area contributed by atoms with Crippen LogP contribution in [0.1, 0.15) is 40.3 Å². The Kier molecular flexibility index (Phi) is 6.58. The number of rotatable bonds is 7. The summed E-state index contributed by atoms with van der Waals surface area (Å²) in [5.74, 6) is 0.549. The van der Waals surface area contributed by atoms with Gasteiger partial charge >= 0.3 is 0 Å². The number of nitrogens with one attached hydrogen (secondary N) is 1. The normalized spacial score (nSPS) is 17.1. The first kappa shape index (κ1) is 24.4. The Morgan fingerprint density at radius 2 is 1.97 bits per heavy atom. The zero-order valence-electron chi connectivity index (χ0n) is 20.7. The molecule has 5 rings (SSSR count). The number of non-ortho nitro benzene ring substituents is 1. The molecule has 10 heteroatoms. The van der Waals surface area contributed by atoms with Crippen molar-refractivity contribution in [1.82, 2.24) is 24.8 Å². The fourth-order valence-electron chi connectivity index (χ4n) is 5.03. The molecule has 1 aliphatic heterocycles. The van der Waals surface area contributed by atoms with Crippen LogP contribution in [0.5, 0.6) is 5.75 Å². The van der Waals surface area contributed by atoms with Gasteiger partial charge in [-0.3, -0.25) is 20.1 Å². The van der Waals surface area contributed by atoms with Crippen molar-refractivity contribution in [2.45, 2.75) is 32.5 Å². The van der Waals surface area contributed by atoms with Crippen LogP contribution in [-0.2, 0) is 6.54 Å². The Morgan fingerprint density at radius 3 is 2.65 bits per heavy atom. The van der Waals surface area contributed by atoms with Crippen LogP contribution in [0, 0.1) is 24.0 Å². The molecular formula is C27H26N6O3S. The van der Waals surface area contributed by atoms with Crippen molar-refractivity contribution in [2.75, 3.05) is 7.11 Å². The van der Waals surface area contributed by atoms with Crippen molar-refractivity contribution in [3.8, 4) is 11.4 Å². The van der Waals surface area contributed by atoms with Crippen LogP contribution in [0.2, 0.25) is 0 Å². The molecule has 1 fully saturated rings. The Labute approximate surface area is 219 Å². The van der Waals surface area contributed by atoms with E-state index in [1.807, 2.05) is 54.9 Å². The summed E-state index contributed by atoms with van der Waals surface area (Å²) in [6, 6.07) is 16.1. The Hall–Kier alpha value is -4.31. The van der Waals surface area contributed by atoms with Crippen LogP contribution in [-0.4, -0.2) is 36.6 Å². The van der Waals surface area contributed by atoms with Gasteiger partial charge in [-0.15, -0.1) is 0 Å². The summed E-state index contributed by atoms with van der Waals surface area (Å²) >= 11 is 5.82. The molecule has 4 aromatic rings. The Bertz CT molecular complexity index is 1460. The van der Waals surface area contributed by atoms with Crippen LogP contribution in [0.25, 0.3) is 5.69 Å². The third-order valence-electron chi connectivity index (χ3n) is 6.68. The number of hydrogen-bond donors (Lipinski definition) is 1. The van der Waals surface area contributed by atoms with E-state index in [1.54, 1.807) is 31.6 Å². The van der Waals surface area contributed by atoms with E-state index in [1.165, 1.54) is 6.07 Å². The van der Waals surface area contributed by atoms with Crippen molar-refractivity contribution >= 4 is 23.0 Å². The van der Waals surface area contributed by atoms with E-state index in [2.05, 4.69) is 26.3 Å². The second kappa shape index (κ2) is 9.98. The number of pyridine rings is 2. The molecule has 9 nitrogen and oxygen atoms in total. The van der Waals surface area contributed by atoms with E-state index in [9.17, 15) is 10.1 Å². The van der Waals surface area contributed by atoms with Crippen LogP contribution >= 0.6 is 12.2 Å². The largest absolute Gasteiger partial charge is 0.495 e. The van der Waals surface area contributed by atoms with E-state index in [0.29, 0.717) is 23.1 Å². The third-order valence-corrected chi connectivity index (χ3v) is 7.03. The molecule has 1 N–H and O–H groups in total. The number of methoxy groups -OCH3 is 1. The second-order valence-corrected chi connectivity index (χ2v) is 9.28. The first-order valence-corrected chi connectivity index (χ1v) is 12.2. The highest BCUT2D eigenvalue weighted by Crippen LogP contribution is 2.43. The molecule has 0 unspecified atom stereocenters. The lowest BCUT2D eigenvalue weighted by Crippen LogP contribution is -2.29. The lowest BCUT2D eigenvalue weighted by Gasteiger charge is -2.28. The number of aromatic nitrogens is 3. The van der Waals surface area contributed by atoms with Crippen LogP contribution in [0.4, 0.5) is 5.69 Å². The van der Waals surface area contributed by atoms with Crippen molar-refractivity contribution in [1.29, 1.82) is 0 Å². The highest BCUT2D eigenvalue weighted by Gasteiger charge is 2.41. The van der Waals surface area contributed by atoms with Gasteiger partial charge < -0.3 is 19.5 Å². The number of ether oxygens (including phenoxy) is 1. The Balaban J connectivity index is 1.66. The first-order chi connectivity index (χ1) is 17.9. The quantitative estimate of drug-likeness (QED) is 0.210. The van der Waals surface area contributed by atoms with Crippen LogP contribution in [0.3, 0.4) is 0 Å². The van der Waals surface area contributed by atoms with Crippen molar-refractivity contribution in [3.05, 3.63) is 112 Å². The fraction of sp³-hybridized carbons (Fsp3) is 0.222. The molecule has 188 valence electrons. The van der Waals surface area contributed by atoms with Gasteiger partial charge in [0.1, 0.15) is 5.75 Å². The molecule has 0 saturated carbocycles. The average Bonchev–Trinajstić information content (AvgIpc) is 3.39. The van der Waals surface area contributed by atoms with Crippen molar-refractivity contribution in [3.63, 3.8) is 0 Å². The molecule has 1 aromatic carbocycles. The van der Waals surface area contributed by atoms with Crippen molar-refractivity contribution in [2.24, 2.45) is 0 Å². The standard InChI is InChI=1S/C27H26N6O3S/c1-17-13-21(18(2)32(17)23-14-20(33(34)35)9-10-24(23)36-3)26-25(22-8-4-5-12-29-22)30-27(37)31(26)16-19-7-6-11-28-15-19/h4-15,25-26H,16H2,1-3H3,(H,30,37)/t25-,26+/m1/s1. The lowest BCUT2D eigenvalue weighted by atomic mass is 9.96. The molecule has 3 aromatic heterocycles. The molecular weight excluding hydrogens is 488 g/mol. The SMILES string of the molecule is COc1ccc([N+](=O)[O-])cc1-n1c(C)cc([C@H]2[C@@H](c3ccccn3)NC(=S)N2Cc2cccnc2)c1C. The van der Waals surface area contributed by atoms with Gasteiger partial charge in [-0.05, 0) is 67.5 Å². The Morgan fingerprint density at radius 1 is 1.14 bits per heavy atom. The van der Waals surface area contributed by atoms with Gasteiger partial charge in [-0.25, -0.2) is 0 Å². The lowest BCUT2D eigenvalue weighted by molar-refractivity contribution is -0.384. The zero-order valence-corrected chi connectivity index (χ0v) is 21.5. The maximum atomic E-state index is 11.5. The third kappa shape index (κ3) is 4.51. The zero-order chi connectivity index (χ0) is 26.1. The van der Waals surface area contributed by atoms with E-state index >= 15 is 0 Å². The van der Waals surface area contributed by atoms with Gasteiger partial charge in [0, 0.05) is 48.7 Å². The molecule has 0 aliphatic carbocycles. The number of nitrogens with zero attached hydrogens (tertiary/aromatic N) is 5. The number of hydrogen-bond acceptors (Lipinski definition) is 6. The van der Waals surface area contributed by atoms with E-state index < -0.39 is 4.92 Å². The summed E-state index contributed by atoms with van der Waals surface area (Å²) in [5, 5.41) is 15.6. The van der Waals surface area contributed by atoms with E-state index in [-0.39, 0.29) is 17.8 Å². The van der Waals surface area contributed by atoms with Gasteiger partial charge in [0.2, 0.25) is 0 Å². The summed E-state index contributed by atoms with van der Waals surface area (Å²) in [6.45, 7) is 4.56. The van der Waals surface area contributed by atoms with Crippen LogP contribution < -0.4 is 10.1 Å². The van der Waals surface area contributed by atoms with E-state index in [4.69, 9.17) is 17.0 Å². The second-order valence-electron chi connectivity index (χ2n) is 8.89. The number of nitro benzene ring substituents is 1. The summed E-state index contributed by atoms with van der Waals surface area (Å²) < 4.78 is 7.58. The summed E-state index contributed by atoms with van der Waals surface area (Å²) in [7, 11) is 1.56. The smallest absolute Gasteiger partial charge is 0.271 e. The number of thiocarbonyl (C=S) groups is 1. The maximum absolute atomic E-state index is 11.5. The highest BCUT2D eigenvalue weighted by molar-refractivity contribution is 7.80. The van der Waals surface area contributed by atoms with E-state index in [0.717, 1.165) is 28.2 Å². The highest BCUT2D eigenvalue weighted by atomic mass is 32.1. The minimum Gasteiger partial charge on any atom is -0.495 e. The maximum Gasteiger partial charge on any atom is 0.271 e. The summed E-state index contributed by atoms with van der Waals surface area (Å²) in [4.78, 5) is 22.2. The van der Waals surface area contributed by atoms with Gasteiger partial charge in [-0.1, -0.05) is 12.1 Å². The van der Waals surface area contributed by atoms with Crippen LogP contribution in [0.15, 0.2) is 73.2 Å². The molecule has 0 spiro atoms. The van der Waals surface area contributed by atoms with Gasteiger partial charge in [0.25, 0.3) is 5.69 Å². The minimum atomic E-state index is -0.399. The molecule has 4 heterocycles. The number of aryl methyl sites for hydroxylation is 1. The fourth-order valence-corrected chi connectivity index (χ4v) is 5.33. The predicted molar refractivity (Wildman–Crippen MR) is 144 cm³/mol. The topological polar surface area (TPSA) is 98.3 Å². The van der Waals surface area contributed by atoms with Gasteiger partial charge in [-0.2, -0.15) is 0 Å². The predicted octanol–water partition coefficient (Wildman–Crippen LogP) is 4.97. The molecule has 1 aliphatic rings. The molecule has 2 atom stereocenters. The number of nitro groups is 1. The molecule has 0 bridgehead atoms. The van der Waals surface area contributed by atoms with Gasteiger partial charge in [0.05, 0.1) is 35.5 Å².